The fraction of sp³-hybridized carbons (Fsp3) is 0.381. The number of hydrogen-bond acceptors (Lipinski definition) is 4. The number of rotatable bonds is 6. The zero-order chi connectivity index (χ0) is 19.2. The number of piperazine rings is 1. The van der Waals surface area contributed by atoms with Crippen molar-refractivity contribution in [2.75, 3.05) is 43.5 Å². The third-order valence-electron chi connectivity index (χ3n) is 4.99. The molecular formula is C21H26FN3O2. The molecule has 0 saturated carbocycles. The number of halogens is 1. The molecule has 0 bridgehead atoms. The number of carbonyl (C=O) groups excluding carboxylic acids is 1. The van der Waals surface area contributed by atoms with Gasteiger partial charge in [0.1, 0.15) is 11.6 Å². The van der Waals surface area contributed by atoms with Crippen molar-refractivity contribution in [1.82, 2.24) is 4.90 Å². The standard InChI is InChI=1S/C21H26FN3O2/c1-3-20(21(26)23-17-6-4-16(22)5-7-17)25-14-12-24(13-15-25)18-8-10-19(27-2)11-9-18/h4-11,20H,3,12-15H2,1-2H3,(H,23,26). The Kier molecular flexibility index (Phi) is 6.29. The first-order chi connectivity index (χ1) is 13.1. The van der Waals surface area contributed by atoms with Crippen LogP contribution in [-0.4, -0.2) is 50.1 Å². The van der Waals surface area contributed by atoms with Gasteiger partial charge < -0.3 is 15.0 Å². The van der Waals surface area contributed by atoms with Crippen LogP contribution in [0.2, 0.25) is 0 Å². The molecule has 2 aromatic rings. The van der Waals surface area contributed by atoms with E-state index in [0.717, 1.165) is 38.3 Å². The first-order valence-electron chi connectivity index (χ1n) is 9.30. The summed E-state index contributed by atoms with van der Waals surface area (Å²) in [5.74, 6) is 0.498. The van der Waals surface area contributed by atoms with Crippen LogP contribution >= 0.6 is 0 Å². The number of hydrogen-bond donors (Lipinski definition) is 1. The second kappa shape index (κ2) is 8.86. The van der Waals surface area contributed by atoms with Crippen LogP contribution < -0.4 is 15.0 Å². The zero-order valence-electron chi connectivity index (χ0n) is 15.8. The Morgan fingerprint density at radius 1 is 1.07 bits per heavy atom. The number of methoxy groups -OCH3 is 1. The molecular weight excluding hydrogens is 345 g/mol. The predicted octanol–water partition coefficient (Wildman–Crippen LogP) is 3.37. The Balaban J connectivity index is 1.57. The van der Waals surface area contributed by atoms with Crippen LogP contribution in [0.15, 0.2) is 48.5 Å². The lowest BCUT2D eigenvalue weighted by Crippen LogP contribution is -2.53. The molecule has 6 heteroatoms. The van der Waals surface area contributed by atoms with Gasteiger partial charge in [-0.25, -0.2) is 4.39 Å². The van der Waals surface area contributed by atoms with Gasteiger partial charge in [0, 0.05) is 37.6 Å². The predicted molar refractivity (Wildman–Crippen MR) is 106 cm³/mol. The first kappa shape index (κ1) is 19.2. The molecule has 0 radical (unpaired) electrons. The van der Waals surface area contributed by atoms with Gasteiger partial charge in [0.15, 0.2) is 0 Å². The molecule has 1 amide bonds. The highest BCUT2D eigenvalue weighted by molar-refractivity contribution is 5.94. The Bertz CT molecular complexity index is 741. The van der Waals surface area contributed by atoms with E-state index < -0.39 is 0 Å². The van der Waals surface area contributed by atoms with Crippen molar-refractivity contribution in [2.45, 2.75) is 19.4 Å². The normalized spacial score (nSPS) is 16.0. The molecule has 144 valence electrons. The maximum Gasteiger partial charge on any atom is 0.241 e. The van der Waals surface area contributed by atoms with E-state index >= 15 is 0 Å². The number of carbonyl (C=O) groups is 1. The second-order valence-corrected chi connectivity index (χ2v) is 6.64. The van der Waals surface area contributed by atoms with Crippen LogP contribution in [0.4, 0.5) is 15.8 Å². The third kappa shape index (κ3) is 4.77. The van der Waals surface area contributed by atoms with E-state index in [4.69, 9.17) is 4.74 Å². The molecule has 0 spiro atoms. The Morgan fingerprint density at radius 2 is 1.70 bits per heavy atom. The van der Waals surface area contributed by atoms with Gasteiger partial charge in [-0.05, 0) is 55.0 Å². The number of nitrogens with zero attached hydrogens (tertiary/aromatic N) is 2. The summed E-state index contributed by atoms with van der Waals surface area (Å²) in [5, 5.41) is 2.90. The maximum atomic E-state index is 13.0. The van der Waals surface area contributed by atoms with Crippen LogP contribution in [0.5, 0.6) is 5.75 Å². The molecule has 1 fully saturated rings. The molecule has 3 rings (SSSR count). The second-order valence-electron chi connectivity index (χ2n) is 6.64. The monoisotopic (exact) mass is 371 g/mol. The summed E-state index contributed by atoms with van der Waals surface area (Å²) in [6, 6.07) is 13.7. The van der Waals surface area contributed by atoms with Crippen LogP contribution in [0.25, 0.3) is 0 Å². The van der Waals surface area contributed by atoms with Crippen molar-refractivity contribution in [3.8, 4) is 5.75 Å². The molecule has 1 atom stereocenters. The number of benzene rings is 2. The van der Waals surface area contributed by atoms with Gasteiger partial charge in [-0.15, -0.1) is 0 Å². The molecule has 0 aromatic heterocycles. The minimum Gasteiger partial charge on any atom is -0.497 e. The van der Waals surface area contributed by atoms with Crippen molar-refractivity contribution in [1.29, 1.82) is 0 Å². The highest BCUT2D eigenvalue weighted by Crippen LogP contribution is 2.22. The molecule has 5 nitrogen and oxygen atoms in total. The summed E-state index contributed by atoms with van der Waals surface area (Å²) in [7, 11) is 1.66. The van der Waals surface area contributed by atoms with Crippen molar-refractivity contribution >= 4 is 17.3 Å². The molecule has 0 aliphatic carbocycles. The highest BCUT2D eigenvalue weighted by atomic mass is 19.1. The fourth-order valence-corrected chi connectivity index (χ4v) is 3.45. The average molecular weight is 371 g/mol. The number of ether oxygens (including phenoxy) is 1. The van der Waals surface area contributed by atoms with E-state index in [9.17, 15) is 9.18 Å². The first-order valence-corrected chi connectivity index (χ1v) is 9.30. The number of amides is 1. The molecule has 27 heavy (non-hydrogen) atoms. The maximum absolute atomic E-state index is 13.0. The van der Waals surface area contributed by atoms with Gasteiger partial charge in [-0.2, -0.15) is 0 Å². The van der Waals surface area contributed by atoms with E-state index in [1.807, 2.05) is 19.1 Å². The van der Waals surface area contributed by atoms with Crippen LogP contribution in [0, 0.1) is 5.82 Å². The van der Waals surface area contributed by atoms with E-state index in [2.05, 4.69) is 27.2 Å². The van der Waals surface area contributed by atoms with Crippen molar-refractivity contribution in [3.05, 3.63) is 54.3 Å². The van der Waals surface area contributed by atoms with Gasteiger partial charge >= 0.3 is 0 Å². The molecule has 2 aromatic carbocycles. The summed E-state index contributed by atoms with van der Waals surface area (Å²) in [6.45, 7) is 5.40. The Hall–Kier alpha value is -2.60. The summed E-state index contributed by atoms with van der Waals surface area (Å²) in [6.07, 6.45) is 0.732. The van der Waals surface area contributed by atoms with E-state index in [1.54, 1.807) is 19.2 Å². The lowest BCUT2D eigenvalue weighted by Gasteiger charge is -2.39. The lowest BCUT2D eigenvalue weighted by atomic mass is 10.1. The molecule has 1 aliphatic heterocycles. The van der Waals surface area contributed by atoms with E-state index in [0.29, 0.717) is 5.69 Å². The van der Waals surface area contributed by atoms with Gasteiger partial charge in [0.2, 0.25) is 5.91 Å². The minimum absolute atomic E-state index is 0.0398. The summed E-state index contributed by atoms with van der Waals surface area (Å²) in [5.41, 5.74) is 1.79. The van der Waals surface area contributed by atoms with E-state index in [1.165, 1.54) is 17.8 Å². The molecule has 1 aliphatic rings. The van der Waals surface area contributed by atoms with Crippen LogP contribution in [-0.2, 0) is 4.79 Å². The molecule has 1 unspecified atom stereocenters. The van der Waals surface area contributed by atoms with Gasteiger partial charge in [0.05, 0.1) is 13.2 Å². The number of anilines is 2. The van der Waals surface area contributed by atoms with Crippen LogP contribution in [0.3, 0.4) is 0 Å². The number of nitrogens with one attached hydrogen (secondary N) is 1. The van der Waals surface area contributed by atoms with E-state index in [-0.39, 0.29) is 17.8 Å². The molecule has 1 heterocycles. The molecule has 1 N–H and O–H groups in total. The largest absolute Gasteiger partial charge is 0.497 e. The summed E-state index contributed by atoms with van der Waals surface area (Å²) in [4.78, 5) is 17.2. The van der Waals surface area contributed by atoms with Crippen molar-refractivity contribution in [2.24, 2.45) is 0 Å². The quantitative estimate of drug-likeness (QED) is 0.846. The molecule has 1 saturated heterocycles. The van der Waals surface area contributed by atoms with Gasteiger partial charge in [-0.1, -0.05) is 6.92 Å². The van der Waals surface area contributed by atoms with Gasteiger partial charge in [0.25, 0.3) is 0 Å². The van der Waals surface area contributed by atoms with Crippen molar-refractivity contribution < 1.29 is 13.9 Å². The Labute approximate surface area is 159 Å². The van der Waals surface area contributed by atoms with Crippen LogP contribution in [0.1, 0.15) is 13.3 Å². The third-order valence-corrected chi connectivity index (χ3v) is 4.99. The fourth-order valence-electron chi connectivity index (χ4n) is 3.45. The minimum atomic E-state index is -0.310. The Morgan fingerprint density at radius 3 is 2.26 bits per heavy atom. The van der Waals surface area contributed by atoms with Crippen molar-refractivity contribution in [3.63, 3.8) is 0 Å². The smallest absolute Gasteiger partial charge is 0.241 e. The summed E-state index contributed by atoms with van der Waals surface area (Å²) >= 11 is 0. The van der Waals surface area contributed by atoms with Gasteiger partial charge in [-0.3, -0.25) is 9.69 Å². The topological polar surface area (TPSA) is 44.8 Å². The highest BCUT2D eigenvalue weighted by Gasteiger charge is 2.28. The average Bonchev–Trinajstić information content (AvgIpc) is 2.71. The summed E-state index contributed by atoms with van der Waals surface area (Å²) < 4.78 is 18.2. The zero-order valence-corrected chi connectivity index (χ0v) is 15.8. The SMILES string of the molecule is CCC(C(=O)Nc1ccc(F)cc1)N1CCN(c2ccc(OC)cc2)CC1. The lowest BCUT2D eigenvalue weighted by molar-refractivity contribution is -0.121.